The summed E-state index contributed by atoms with van der Waals surface area (Å²) >= 11 is 0. The van der Waals surface area contributed by atoms with E-state index in [1.807, 2.05) is 12.1 Å². The van der Waals surface area contributed by atoms with Gasteiger partial charge in [0, 0.05) is 13.6 Å². The summed E-state index contributed by atoms with van der Waals surface area (Å²) in [4.78, 5) is 24.4. The summed E-state index contributed by atoms with van der Waals surface area (Å²) < 4.78 is 10.9. The Hall–Kier alpha value is -3.22. The molecular formula is C19H22N2O5. The fourth-order valence-corrected chi connectivity index (χ4v) is 2.21. The third-order valence-corrected chi connectivity index (χ3v) is 3.74. The lowest BCUT2D eigenvalue weighted by atomic mass is 10.1. The van der Waals surface area contributed by atoms with Crippen molar-refractivity contribution in [2.75, 3.05) is 27.3 Å². The molecule has 138 valence electrons. The van der Waals surface area contributed by atoms with Gasteiger partial charge in [-0.05, 0) is 29.8 Å². The molecule has 7 nitrogen and oxygen atoms in total. The van der Waals surface area contributed by atoms with Crippen LogP contribution in [0.2, 0.25) is 0 Å². The van der Waals surface area contributed by atoms with Gasteiger partial charge in [0.05, 0.1) is 19.2 Å². The number of carbonyl (C=O) groups is 2. The molecule has 0 atom stereocenters. The number of carbonyl (C=O) groups excluding carboxylic acids is 1. The molecule has 0 spiro atoms. The SMILES string of the molecule is COc1ccccc1OCCN(C)C(=O)NCc1ccc(C(=O)O)cc1. The minimum absolute atomic E-state index is 0.214. The van der Waals surface area contributed by atoms with Crippen LogP contribution in [0.5, 0.6) is 11.5 Å². The third kappa shape index (κ3) is 5.41. The number of amides is 2. The van der Waals surface area contributed by atoms with Gasteiger partial charge in [0.15, 0.2) is 11.5 Å². The van der Waals surface area contributed by atoms with Crippen LogP contribution in [0, 0.1) is 0 Å². The fourth-order valence-electron chi connectivity index (χ4n) is 2.21. The molecule has 0 saturated carbocycles. The maximum Gasteiger partial charge on any atom is 0.335 e. The van der Waals surface area contributed by atoms with E-state index in [2.05, 4.69) is 5.32 Å². The number of hydrogen-bond acceptors (Lipinski definition) is 4. The zero-order chi connectivity index (χ0) is 18.9. The number of benzene rings is 2. The van der Waals surface area contributed by atoms with E-state index < -0.39 is 5.97 Å². The van der Waals surface area contributed by atoms with Crippen LogP contribution in [0.25, 0.3) is 0 Å². The number of para-hydroxylation sites is 2. The van der Waals surface area contributed by atoms with Crippen molar-refractivity contribution in [3.8, 4) is 11.5 Å². The first kappa shape index (κ1) is 19.1. The second-order valence-corrected chi connectivity index (χ2v) is 5.58. The Morgan fingerprint density at radius 3 is 2.35 bits per heavy atom. The molecule has 0 radical (unpaired) electrons. The Morgan fingerprint density at radius 1 is 1.08 bits per heavy atom. The predicted octanol–water partition coefficient (Wildman–Crippen LogP) is 2.61. The monoisotopic (exact) mass is 358 g/mol. The van der Waals surface area contributed by atoms with Crippen LogP contribution < -0.4 is 14.8 Å². The van der Waals surface area contributed by atoms with E-state index in [0.29, 0.717) is 31.2 Å². The standard InChI is InChI=1S/C19H22N2O5/c1-21(11-12-26-17-6-4-3-5-16(17)25-2)19(24)20-13-14-7-9-15(10-8-14)18(22)23/h3-10H,11-13H2,1-2H3,(H,20,24)(H,22,23). The number of carboxylic acids is 1. The van der Waals surface area contributed by atoms with Gasteiger partial charge in [-0.15, -0.1) is 0 Å². The Balaban J connectivity index is 1.76. The van der Waals surface area contributed by atoms with Crippen LogP contribution in [0.15, 0.2) is 48.5 Å². The number of nitrogens with one attached hydrogen (secondary N) is 1. The number of urea groups is 1. The van der Waals surface area contributed by atoms with Gasteiger partial charge < -0.3 is 24.8 Å². The van der Waals surface area contributed by atoms with Crippen molar-refractivity contribution in [2.45, 2.75) is 6.54 Å². The van der Waals surface area contributed by atoms with E-state index in [1.165, 1.54) is 17.0 Å². The molecule has 0 heterocycles. The minimum atomic E-state index is -0.977. The average Bonchev–Trinajstić information content (AvgIpc) is 2.66. The second-order valence-electron chi connectivity index (χ2n) is 5.58. The van der Waals surface area contributed by atoms with Crippen LogP contribution in [-0.4, -0.2) is 49.3 Å². The molecule has 26 heavy (non-hydrogen) atoms. The van der Waals surface area contributed by atoms with Crippen LogP contribution in [0.4, 0.5) is 4.79 Å². The lowest BCUT2D eigenvalue weighted by Gasteiger charge is -2.19. The summed E-state index contributed by atoms with van der Waals surface area (Å²) in [6.07, 6.45) is 0. The molecule has 0 saturated heterocycles. The van der Waals surface area contributed by atoms with Gasteiger partial charge in [0.1, 0.15) is 6.61 Å². The number of nitrogens with zero attached hydrogens (tertiary/aromatic N) is 1. The summed E-state index contributed by atoms with van der Waals surface area (Å²) in [5.41, 5.74) is 1.03. The maximum absolute atomic E-state index is 12.1. The zero-order valence-electron chi connectivity index (χ0n) is 14.8. The van der Waals surface area contributed by atoms with Crippen molar-refractivity contribution in [1.82, 2.24) is 10.2 Å². The van der Waals surface area contributed by atoms with Crippen molar-refractivity contribution in [3.05, 3.63) is 59.7 Å². The average molecular weight is 358 g/mol. The molecule has 0 unspecified atom stereocenters. The third-order valence-electron chi connectivity index (χ3n) is 3.74. The smallest absolute Gasteiger partial charge is 0.335 e. The fraction of sp³-hybridized carbons (Fsp3) is 0.263. The van der Waals surface area contributed by atoms with E-state index >= 15 is 0 Å². The molecule has 2 rings (SSSR count). The highest BCUT2D eigenvalue weighted by molar-refractivity contribution is 5.87. The molecule has 0 fully saturated rings. The maximum atomic E-state index is 12.1. The van der Waals surface area contributed by atoms with Gasteiger partial charge in [-0.3, -0.25) is 0 Å². The molecule has 0 bridgehead atoms. The summed E-state index contributed by atoms with van der Waals surface area (Å²) in [6, 6.07) is 13.4. The molecule has 7 heteroatoms. The minimum Gasteiger partial charge on any atom is -0.493 e. The van der Waals surface area contributed by atoms with E-state index in [0.717, 1.165) is 5.56 Å². The summed E-state index contributed by atoms with van der Waals surface area (Å²) in [6.45, 7) is 1.05. The van der Waals surface area contributed by atoms with Crippen molar-refractivity contribution in [2.24, 2.45) is 0 Å². The highest BCUT2D eigenvalue weighted by Crippen LogP contribution is 2.25. The van der Waals surface area contributed by atoms with Crippen molar-refractivity contribution < 1.29 is 24.2 Å². The molecule has 0 aromatic heterocycles. The van der Waals surface area contributed by atoms with E-state index in [1.54, 1.807) is 38.4 Å². The van der Waals surface area contributed by atoms with Crippen LogP contribution in [-0.2, 0) is 6.54 Å². The summed E-state index contributed by atoms with van der Waals surface area (Å²) in [5, 5.41) is 11.6. The van der Waals surface area contributed by atoms with Crippen LogP contribution in [0.3, 0.4) is 0 Å². The number of aromatic carboxylic acids is 1. The summed E-state index contributed by atoms with van der Waals surface area (Å²) in [5.74, 6) is 0.294. The quantitative estimate of drug-likeness (QED) is 0.757. The number of hydrogen-bond donors (Lipinski definition) is 2. The first-order valence-electron chi connectivity index (χ1n) is 8.08. The highest BCUT2D eigenvalue weighted by Gasteiger charge is 2.09. The Morgan fingerprint density at radius 2 is 1.73 bits per heavy atom. The van der Waals surface area contributed by atoms with Gasteiger partial charge in [0.2, 0.25) is 0 Å². The predicted molar refractivity (Wildman–Crippen MR) is 96.8 cm³/mol. The van der Waals surface area contributed by atoms with Crippen LogP contribution >= 0.6 is 0 Å². The molecule has 0 aliphatic carbocycles. The van der Waals surface area contributed by atoms with Gasteiger partial charge in [-0.1, -0.05) is 24.3 Å². The number of rotatable bonds is 8. The van der Waals surface area contributed by atoms with Crippen LogP contribution in [0.1, 0.15) is 15.9 Å². The highest BCUT2D eigenvalue weighted by atomic mass is 16.5. The number of carboxylic acid groups (broad SMARTS) is 1. The van der Waals surface area contributed by atoms with Crippen molar-refractivity contribution in [3.63, 3.8) is 0 Å². The largest absolute Gasteiger partial charge is 0.493 e. The Bertz CT molecular complexity index is 746. The van der Waals surface area contributed by atoms with Gasteiger partial charge in [0.25, 0.3) is 0 Å². The Labute approximate surface area is 152 Å². The van der Waals surface area contributed by atoms with Crippen molar-refractivity contribution in [1.29, 1.82) is 0 Å². The molecular weight excluding hydrogens is 336 g/mol. The van der Waals surface area contributed by atoms with Crippen molar-refractivity contribution >= 4 is 12.0 Å². The normalized spacial score (nSPS) is 10.1. The Kier molecular flexibility index (Phi) is 6.84. The topological polar surface area (TPSA) is 88.1 Å². The summed E-state index contributed by atoms with van der Waals surface area (Å²) in [7, 11) is 3.25. The first-order valence-corrected chi connectivity index (χ1v) is 8.08. The van der Waals surface area contributed by atoms with E-state index in [9.17, 15) is 9.59 Å². The lowest BCUT2D eigenvalue weighted by Crippen LogP contribution is -2.39. The zero-order valence-corrected chi connectivity index (χ0v) is 14.8. The molecule has 2 aromatic rings. The first-order chi connectivity index (χ1) is 12.5. The lowest BCUT2D eigenvalue weighted by molar-refractivity contribution is 0.0697. The molecule has 0 aliphatic rings. The van der Waals surface area contributed by atoms with E-state index in [-0.39, 0.29) is 11.6 Å². The van der Waals surface area contributed by atoms with Gasteiger partial charge in [-0.25, -0.2) is 9.59 Å². The molecule has 2 N–H and O–H groups in total. The number of likely N-dealkylation sites (N-methyl/N-ethyl adjacent to an activating group) is 1. The number of methoxy groups -OCH3 is 1. The molecule has 2 amide bonds. The van der Waals surface area contributed by atoms with Gasteiger partial charge in [-0.2, -0.15) is 0 Å². The van der Waals surface area contributed by atoms with E-state index in [4.69, 9.17) is 14.6 Å². The molecule has 0 aliphatic heterocycles. The van der Waals surface area contributed by atoms with Gasteiger partial charge >= 0.3 is 12.0 Å². The second kappa shape index (κ2) is 9.31. The number of ether oxygens (including phenoxy) is 2. The molecule has 2 aromatic carbocycles.